The predicted octanol–water partition coefficient (Wildman–Crippen LogP) is 2.73. The normalized spacial score (nSPS) is 26.1. The van der Waals surface area contributed by atoms with Crippen LogP contribution in [0.2, 0.25) is 5.15 Å². The Morgan fingerprint density at radius 1 is 1.41 bits per heavy atom. The molecule has 0 bridgehead atoms. The van der Waals surface area contributed by atoms with Crippen molar-refractivity contribution in [3.63, 3.8) is 0 Å². The molecule has 0 N–H and O–H groups in total. The summed E-state index contributed by atoms with van der Waals surface area (Å²) in [5.74, 6) is 3.81. The van der Waals surface area contributed by atoms with Gasteiger partial charge >= 0.3 is 0 Å². The van der Waals surface area contributed by atoms with Crippen LogP contribution in [0.3, 0.4) is 0 Å². The second kappa shape index (κ2) is 4.75. The Balaban J connectivity index is 1.90. The van der Waals surface area contributed by atoms with E-state index in [9.17, 15) is 0 Å². The van der Waals surface area contributed by atoms with Crippen molar-refractivity contribution in [1.29, 1.82) is 0 Å². The van der Waals surface area contributed by atoms with E-state index in [0.717, 1.165) is 23.8 Å². The van der Waals surface area contributed by atoms with Crippen molar-refractivity contribution >= 4 is 23.4 Å². The third-order valence-corrected chi connectivity index (χ3v) is 4.64. The zero-order valence-corrected chi connectivity index (χ0v) is 11.5. The number of halogens is 1. The topological polar surface area (TPSA) is 29.0 Å². The first-order valence-electron chi connectivity index (χ1n) is 6.06. The van der Waals surface area contributed by atoms with Crippen LogP contribution in [0.25, 0.3) is 0 Å². The summed E-state index contributed by atoms with van der Waals surface area (Å²) < 4.78 is 0. The van der Waals surface area contributed by atoms with Gasteiger partial charge in [0.2, 0.25) is 0 Å². The van der Waals surface area contributed by atoms with E-state index in [1.807, 2.05) is 17.8 Å². The number of rotatable bonds is 2. The van der Waals surface area contributed by atoms with Gasteiger partial charge in [0.15, 0.2) is 0 Å². The van der Waals surface area contributed by atoms with E-state index < -0.39 is 0 Å². The molecule has 17 heavy (non-hydrogen) atoms. The molecule has 0 aromatic carbocycles. The van der Waals surface area contributed by atoms with Gasteiger partial charge in [-0.1, -0.05) is 11.6 Å². The van der Waals surface area contributed by atoms with Crippen LogP contribution in [0.4, 0.5) is 0 Å². The molecule has 0 spiro atoms. The molecule has 2 heterocycles. The minimum Gasteiger partial charge on any atom is -0.295 e. The van der Waals surface area contributed by atoms with Gasteiger partial charge in [0.25, 0.3) is 0 Å². The SMILES string of the molecule is CN1CCSCC1c1nc(Cl)cc(C2CC2)n1. The lowest BCUT2D eigenvalue weighted by atomic mass is 10.2. The quantitative estimate of drug-likeness (QED) is 0.772. The lowest BCUT2D eigenvalue weighted by Crippen LogP contribution is -2.34. The van der Waals surface area contributed by atoms with Crippen molar-refractivity contribution in [2.24, 2.45) is 0 Å². The number of aromatic nitrogens is 2. The molecular formula is C12H16ClN3S. The van der Waals surface area contributed by atoms with Gasteiger partial charge in [-0.05, 0) is 26.0 Å². The molecule has 1 aliphatic carbocycles. The second-order valence-electron chi connectivity index (χ2n) is 4.82. The fourth-order valence-electron chi connectivity index (χ4n) is 2.15. The molecule has 0 radical (unpaired) electrons. The van der Waals surface area contributed by atoms with E-state index in [0.29, 0.717) is 17.1 Å². The van der Waals surface area contributed by atoms with Crippen molar-refractivity contribution in [3.05, 3.63) is 22.7 Å². The first kappa shape index (κ1) is 11.8. The van der Waals surface area contributed by atoms with Crippen molar-refractivity contribution in [2.45, 2.75) is 24.8 Å². The van der Waals surface area contributed by atoms with E-state index >= 15 is 0 Å². The molecule has 1 saturated carbocycles. The van der Waals surface area contributed by atoms with Crippen LogP contribution in [0, 0.1) is 0 Å². The lowest BCUT2D eigenvalue weighted by molar-refractivity contribution is 0.264. The van der Waals surface area contributed by atoms with Gasteiger partial charge in [-0.15, -0.1) is 0 Å². The molecule has 2 fully saturated rings. The van der Waals surface area contributed by atoms with Gasteiger partial charge in [-0.2, -0.15) is 11.8 Å². The van der Waals surface area contributed by atoms with Crippen molar-refractivity contribution in [3.8, 4) is 0 Å². The maximum absolute atomic E-state index is 6.11. The Bertz CT molecular complexity index is 422. The summed E-state index contributed by atoms with van der Waals surface area (Å²) in [6.45, 7) is 1.10. The minimum absolute atomic E-state index is 0.324. The standard InChI is InChI=1S/C12H16ClN3S/c1-16-4-5-17-7-10(16)12-14-9(8-2-3-8)6-11(13)15-12/h6,8,10H,2-5,7H2,1H3. The molecule has 1 aromatic heterocycles. The smallest absolute Gasteiger partial charge is 0.148 e. The molecular weight excluding hydrogens is 254 g/mol. The fourth-order valence-corrected chi connectivity index (χ4v) is 3.56. The van der Waals surface area contributed by atoms with Crippen molar-refractivity contribution in [1.82, 2.24) is 14.9 Å². The van der Waals surface area contributed by atoms with Gasteiger partial charge in [-0.25, -0.2) is 9.97 Å². The van der Waals surface area contributed by atoms with Crippen LogP contribution in [-0.4, -0.2) is 40.0 Å². The van der Waals surface area contributed by atoms with Crippen LogP contribution in [-0.2, 0) is 0 Å². The molecule has 1 aromatic rings. The third-order valence-electron chi connectivity index (χ3n) is 3.42. The molecule has 1 unspecified atom stereocenters. The Labute approximate surface area is 111 Å². The average Bonchev–Trinajstić information content (AvgIpc) is 3.12. The first-order valence-corrected chi connectivity index (χ1v) is 7.59. The zero-order valence-electron chi connectivity index (χ0n) is 9.90. The van der Waals surface area contributed by atoms with Crippen LogP contribution in [0.5, 0.6) is 0 Å². The molecule has 2 aliphatic rings. The van der Waals surface area contributed by atoms with E-state index in [1.165, 1.54) is 18.6 Å². The summed E-state index contributed by atoms with van der Waals surface area (Å²) in [6, 6.07) is 2.25. The summed E-state index contributed by atoms with van der Waals surface area (Å²) in [6.07, 6.45) is 2.50. The van der Waals surface area contributed by atoms with E-state index in [1.54, 1.807) is 0 Å². The third kappa shape index (κ3) is 2.59. The lowest BCUT2D eigenvalue weighted by Gasteiger charge is -2.31. The maximum Gasteiger partial charge on any atom is 0.148 e. The van der Waals surface area contributed by atoms with Gasteiger partial charge < -0.3 is 0 Å². The van der Waals surface area contributed by atoms with Crippen molar-refractivity contribution < 1.29 is 0 Å². The molecule has 5 heteroatoms. The van der Waals surface area contributed by atoms with Gasteiger partial charge in [0.05, 0.1) is 6.04 Å². The Kier molecular flexibility index (Phi) is 3.28. The highest BCUT2D eigenvalue weighted by Gasteiger charge is 2.29. The van der Waals surface area contributed by atoms with E-state index in [-0.39, 0.29) is 0 Å². The largest absolute Gasteiger partial charge is 0.295 e. The van der Waals surface area contributed by atoms with Crippen LogP contribution < -0.4 is 0 Å². The number of hydrogen-bond acceptors (Lipinski definition) is 4. The number of hydrogen-bond donors (Lipinski definition) is 0. The van der Waals surface area contributed by atoms with Crippen LogP contribution in [0.1, 0.15) is 36.3 Å². The van der Waals surface area contributed by atoms with E-state index in [2.05, 4.69) is 16.9 Å². The highest BCUT2D eigenvalue weighted by Crippen LogP contribution is 2.40. The molecule has 3 rings (SSSR count). The van der Waals surface area contributed by atoms with E-state index in [4.69, 9.17) is 16.6 Å². The summed E-state index contributed by atoms with van der Waals surface area (Å²) in [5, 5.41) is 0.598. The number of nitrogens with zero attached hydrogens (tertiary/aromatic N) is 3. The monoisotopic (exact) mass is 269 g/mol. The number of thioether (sulfide) groups is 1. The molecule has 3 nitrogen and oxygen atoms in total. The van der Waals surface area contributed by atoms with Gasteiger partial charge in [-0.3, -0.25) is 4.90 Å². The highest BCUT2D eigenvalue weighted by atomic mass is 35.5. The van der Waals surface area contributed by atoms with Crippen LogP contribution in [0.15, 0.2) is 6.07 Å². The minimum atomic E-state index is 0.324. The zero-order chi connectivity index (χ0) is 11.8. The maximum atomic E-state index is 6.11. The molecule has 0 amide bonds. The Morgan fingerprint density at radius 2 is 2.24 bits per heavy atom. The Hall–Kier alpha value is -0.320. The Morgan fingerprint density at radius 3 is 2.94 bits per heavy atom. The average molecular weight is 270 g/mol. The summed E-state index contributed by atoms with van der Waals surface area (Å²) in [7, 11) is 2.14. The summed E-state index contributed by atoms with van der Waals surface area (Å²) in [4.78, 5) is 11.5. The summed E-state index contributed by atoms with van der Waals surface area (Å²) in [5.41, 5.74) is 1.14. The molecule has 1 aliphatic heterocycles. The van der Waals surface area contributed by atoms with Crippen LogP contribution >= 0.6 is 23.4 Å². The molecule has 92 valence electrons. The summed E-state index contributed by atoms with van der Waals surface area (Å²) >= 11 is 8.08. The fraction of sp³-hybridized carbons (Fsp3) is 0.667. The molecule has 1 atom stereocenters. The second-order valence-corrected chi connectivity index (χ2v) is 6.36. The molecule has 1 saturated heterocycles. The highest BCUT2D eigenvalue weighted by molar-refractivity contribution is 7.99. The predicted molar refractivity (Wildman–Crippen MR) is 71.7 cm³/mol. The van der Waals surface area contributed by atoms with Gasteiger partial charge in [0.1, 0.15) is 11.0 Å². The first-order chi connectivity index (χ1) is 8.24. The van der Waals surface area contributed by atoms with Crippen molar-refractivity contribution in [2.75, 3.05) is 25.1 Å². The van der Waals surface area contributed by atoms with Gasteiger partial charge in [0, 0.05) is 29.7 Å².